The van der Waals surface area contributed by atoms with Crippen LogP contribution < -0.4 is 0 Å². The molecule has 0 atom stereocenters. The van der Waals surface area contributed by atoms with Crippen molar-refractivity contribution in [3.63, 3.8) is 0 Å². The molecule has 6 heteroatoms. The summed E-state index contributed by atoms with van der Waals surface area (Å²) in [6.07, 6.45) is 0. The van der Waals surface area contributed by atoms with Crippen molar-refractivity contribution in [1.29, 1.82) is 0 Å². The van der Waals surface area contributed by atoms with Crippen LogP contribution in [0.3, 0.4) is 0 Å². The molecule has 0 aliphatic heterocycles. The van der Waals surface area contributed by atoms with Gasteiger partial charge in [-0.25, -0.2) is 0 Å². The van der Waals surface area contributed by atoms with Gasteiger partial charge in [0.2, 0.25) is 0 Å². The monoisotopic (exact) mass is 768 g/mol. The summed E-state index contributed by atoms with van der Waals surface area (Å²) in [4.78, 5) is 2.65. The molecule has 6 aromatic heterocycles. The molecule has 0 saturated heterocycles. The molecule has 0 nitrogen and oxygen atoms in total. The summed E-state index contributed by atoms with van der Waals surface area (Å²) in [5.74, 6) is 0. The Balaban J connectivity index is 0.796. The van der Waals surface area contributed by atoms with Gasteiger partial charge >= 0.3 is 0 Å². The van der Waals surface area contributed by atoms with Crippen molar-refractivity contribution in [2.24, 2.45) is 0 Å². The minimum Gasteiger partial charge on any atom is -0.134 e. The number of rotatable bonds is 4. The third-order valence-electron chi connectivity index (χ3n) is 10.2. The van der Waals surface area contributed by atoms with Gasteiger partial charge in [-0.2, -0.15) is 0 Å². The lowest BCUT2D eigenvalue weighted by atomic mass is 10.0. The van der Waals surface area contributed by atoms with E-state index in [1.54, 1.807) is 0 Å². The molecular weight excluding hydrogens is 745 g/mol. The number of hydrogen-bond donors (Lipinski definition) is 0. The van der Waals surface area contributed by atoms with Gasteiger partial charge < -0.3 is 0 Å². The normalized spacial score (nSPS) is 12.2. The van der Waals surface area contributed by atoms with Crippen LogP contribution in [-0.2, 0) is 0 Å². The largest absolute Gasteiger partial charge is 0.134 e. The van der Waals surface area contributed by atoms with E-state index in [0.29, 0.717) is 0 Å². The summed E-state index contributed by atoms with van der Waals surface area (Å²) in [5, 5.41) is 5.51. The van der Waals surface area contributed by atoms with E-state index in [1.807, 2.05) is 68.0 Å². The molecule has 6 aromatic carbocycles. The Hall–Kier alpha value is -4.66. The molecule has 0 fully saturated rings. The van der Waals surface area contributed by atoms with Gasteiger partial charge in [0.05, 0.1) is 18.8 Å². The van der Waals surface area contributed by atoms with Crippen LogP contribution in [0.4, 0.5) is 0 Å². The Labute approximate surface area is 322 Å². The molecule has 52 heavy (non-hydrogen) atoms. The Morgan fingerprint density at radius 3 is 1.02 bits per heavy atom. The molecule has 12 rings (SSSR count). The van der Waals surface area contributed by atoms with Crippen LogP contribution in [0, 0.1) is 0 Å². The van der Waals surface area contributed by atoms with Gasteiger partial charge in [-0.05, 0) is 69.8 Å². The molecule has 6 heterocycles. The smallest absolute Gasteiger partial charge is 0.0542 e. The first kappa shape index (κ1) is 29.9. The summed E-state index contributed by atoms with van der Waals surface area (Å²) in [6.45, 7) is 0. The SMILES string of the molecule is c1ccc2c(c1)sc1c3ccc(-c4ccc(-c5cc6sc(-c7ccc(-c8ccc9c(c8)sc8c%10ccccc%10sc98)cc7)cc6s5)cc4)cc3sc21. The van der Waals surface area contributed by atoms with E-state index in [9.17, 15) is 0 Å². The zero-order chi connectivity index (χ0) is 33.9. The summed E-state index contributed by atoms with van der Waals surface area (Å²) in [7, 11) is 0. The second kappa shape index (κ2) is 11.4. The zero-order valence-electron chi connectivity index (χ0n) is 27.3. The Bertz CT molecular complexity index is 3080. The molecule has 0 unspecified atom stereocenters. The molecule has 0 N–H and O–H groups in total. The van der Waals surface area contributed by atoms with Gasteiger partial charge in [-0.15, -0.1) is 68.0 Å². The van der Waals surface area contributed by atoms with E-state index in [0.717, 1.165) is 0 Å². The lowest BCUT2D eigenvalue weighted by molar-refractivity contribution is 1.65. The Kier molecular flexibility index (Phi) is 6.56. The van der Waals surface area contributed by atoms with Crippen molar-refractivity contribution < 1.29 is 0 Å². The van der Waals surface area contributed by atoms with Crippen LogP contribution in [0.1, 0.15) is 0 Å². The molecular formula is C46H24S6. The Morgan fingerprint density at radius 1 is 0.231 bits per heavy atom. The van der Waals surface area contributed by atoms with E-state index < -0.39 is 0 Å². The highest BCUT2D eigenvalue weighted by Gasteiger charge is 2.15. The first-order valence-corrected chi connectivity index (χ1v) is 22.0. The maximum atomic E-state index is 2.37. The highest BCUT2D eigenvalue weighted by molar-refractivity contribution is 7.37. The zero-order valence-corrected chi connectivity index (χ0v) is 32.2. The summed E-state index contributed by atoms with van der Waals surface area (Å²) >= 11 is 11.5. The minimum absolute atomic E-state index is 1.26. The number of fused-ring (bicyclic) bond motifs is 11. The third kappa shape index (κ3) is 4.59. The number of hydrogen-bond acceptors (Lipinski definition) is 6. The van der Waals surface area contributed by atoms with Crippen molar-refractivity contribution in [1.82, 2.24) is 0 Å². The highest BCUT2D eigenvalue weighted by Crippen LogP contribution is 2.47. The molecule has 244 valence electrons. The molecule has 0 spiro atoms. The second-order valence-electron chi connectivity index (χ2n) is 13.2. The third-order valence-corrected chi connectivity index (χ3v) is 17.6. The van der Waals surface area contributed by atoms with E-state index in [1.165, 1.54) is 112 Å². The maximum Gasteiger partial charge on any atom is 0.0542 e. The average Bonchev–Trinajstić information content (AvgIpc) is 4.03. The first-order chi connectivity index (χ1) is 25.7. The molecule has 0 radical (unpaired) electrons. The fourth-order valence-corrected chi connectivity index (χ4v) is 15.3. The molecule has 0 aliphatic rings. The summed E-state index contributed by atoms with van der Waals surface area (Å²) < 4.78 is 13.9. The lowest BCUT2D eigenvalue weighted by Crippen LogP contribution is -1.79. The molecule has 0 amide bonds. The van der Waals surface area contributed by atoms with E-state index >= 15 is 0 Å². The van der Waals surface area contributed by atoms with Crippen molar-refractivity contribution in [2.45, 2.75) is 0 Å². The topological polar surface area (TPSA) is 0 Å². The van der Waals surface area contributed by atoms with Crippen LogP contribution in [-0.4, -0.2) is 0 Å². The average molecular weight is 769 g/mol. The van der Waals surface area contributed by atoms with E-state index in [2.05, 4.69) is 146 Å². The predicted molar refractivity (Wildman–Crippen MR) is 238 cm³/mol. The van der Waals surface area contributed by atoms with E-state index in [-0.39, 0.29) is 0 Å². The maximum absolute atomic E-state index is 2.37. The van der Waals surface area contributed by atoms with Crippen molar-refractivity contribution in [3.05, 3.63) is 146 Å². The van der Waals surface area contributed by atoms with Gasteiger partial charge in [-0.1, -0.05) is 109 Å². The Morgan fingerprint density at radius 2 is 0.577 bits per heavy atom. The molecule has 0 saturated carbocycles. The van der Waals surface area contributed by atoms with Crippen LogP contribution in [0.5, 0.6) is 0 Å². The van der Waals surface area contributed by atoms with Crippen LogP contribution in [0.25, 0.3) is 112 Å². The number of benzene rings is 6. The lowest BCUT2D eigenvalue weighted by Gasteiger charge is -2.05. The van der Waals surface area contributed by atoms with Gasteiger partial charge in [0.15, 0.2) is 0 Å². The highest BCUT2D eigenvalue weighted by atomic mass is 32.1. The van der Waals surface area contributed by atoms with Gasteiger partial charge in [0, 0.05) is 59.5 Å². The quantitative estimate of drug-likeness (QED) is 0.167. The number of thiophene rings is 6. The molecule has 0 bridgehead atoms. The van der Waals surface area contributed by atoms with E-state index in [4.69, 9.17) is 0 Å². The van der Waals surface area contributed by atoms with Gasteiger partial charge in [0.25, 0.3) is 0 Å². The second-order valence-corrected chi connectivity index (χ2v) is 19.6. The van der Waals surface area contributed by atoms with Crippen molar-refractivity contribution in [2.75, 3.05) is 0 Å². The molecule has 0 aliphatic carbocycles. The van der Waals surface area contributed by atoms with Crippen LogP contribution in [0.15, 0.2) is 146 Å². The predicted octanol–water partition coefficient (Wildman–Crippen LogP) is 16.8. The summed E-state index contributed by atoms with van der Waals surface area (Å²) in [6, 6.07) is 54.5. The van der Waals surface area contributed by atoms with Gasteiger partial charge in [-0.3, -0.25) is 0 Å². The van der Waals surface area contributed by atoms with Gasteiger partial charge in [0.1, 0.15) is 0 Å². The first-order valence-electron chi connectivity index (χ1n) is 17.1. The minimum atomic E-state index is 1.26. The standard InChI is InChI=1S/C46H24S6/c1-3-7-35-31(5-1)43-45(49-35)33-19-17-29(21-39(33)51-43)25-9-13-27(14-10-25)37-23-41-42(47-37)24-38(48-41)28-15-11-26(12-16-28)30-18-20-34-40(22-30)52-44-32-6-2-4-8-36(32)50-46(34)44/h1-24H. The molecule has 12 aromatic rings. The van der Waals surface area contributed by atoms with Crippen molar-refractivity contribution >= 4 is 137 Å². The van der Waals surface area contributed by atoms with Crippen LogP contribution in [0.2, 0.25) is 0 Å². The summed E-state index contributed by atoms with van der Waals surface area (Å²) in [5.41, 5.74) is 7.65. The van der Waals surface area contributed by atoms with Crippen molar-refractivity contribution in [3.8, 4) is 43.1 Å². The fraction of sp³-hybridized carbons (Fsp3) is 0. The van der Waals surface area contributed by atoms with Crippen LogP contribution >= 0.6 is 68.0 Å². The fourth-order valence-electron chi connectivity index (χ4n) is 7.54.